The standard InChI is InChI=1S/C22H22N4O2S/c27-22(15-25(17-7-8-17)14-16-4-1-9-23-13-16)26-19(21-6-3-11-29-21)12-18(24-26)20-5-2-10-28-20/h1-6,9-11,13,17,19H,7-8,12,14-15H2. The first-order valence-corrected chi connectivity index (χ1v) is 10.8. The summed E-state index contributed by atoms with van der Waals surface area (Å²) >= 11 is 1.66. The van der Waals surface area contributed by atoms with Gasteiger partial charge < -0.3 is 4.42 Å². The largest absolute Gasteiger partial charge is 0.463 e. The summed E-state index contributed by atoms with van der Waals surface area (Å²) in [5.74, 6) is 0.761. The Morgan fingerprint density at radius 2 is 2.17 bits per heavy atom. The van der Waals surface area contributed by atoms with Crippen LogP contribution in [-0.4, -0.2) is 39.1 Å². The van der Waals surface area contributed by atoms with E-state index in [1.165, 1.54) is 0 Å². The van der Waals surface area contributed by atoms with Gasteiger partial charge in [-0.2, -0.15) is 5.10 Å². The van der Waals surface area contributed by atoms with Crippen molar-refractivity contribution in [2.75, 3.05) is 6.54 Å². The maximum Gasteiger partial charge on any atom is 0.257 e. The summed E-state index contributed by atoms with van der Waals surface area (Å²) in [7, 11) is 0. The lowest BCUT2D eigenvalue weighted by Crippen LogP contribution is -2.39. The van der Waals surface area contributed by atoms with E-state index in [9.17, 15) is 4.79 Å². The first-order valence-electron chi connectivity index (χ1n) is 9.88. The zero-order valence-corrected chi connectivity index (χ0v) is 16.8. The molecule has 1 fully saturated rings. The number of thiophene rings is 1. The van der Waals surface area contributed by atoms with Crippen LogP contribution in [0.1, 0.15) is 41.5 Å². The molecule has 5 rings (SSSR count). The Balaban J connectivity index is 1.36. The van der Waals surface area contributed by atoms with Crippen molar-refractivity contribution in [1.82, 2.24) is 14.9 Å². The summed E-state index contributed by atoms with van der Waals surface area (Å²) in [6.07, 6.45) is 8.25. The summed E-state index contributed by atoms with van der Waals surface area (Å²) in [4.78, 5) is 20.9. The van der Waals surface area contributed by atoms with Crippen molar-refractivity contribution in [2.45, 2.75) is 37.9 Å². The third-order valence-corrected chi connectivity index (χ3v) is 6.33. The molecule has 2 aliphatic rings. The molecule has 4 heterocycles. The minimum Gasteiger partial charge on any atom is -0.463 e. The van der Waals surface area contributed by atoms with E-state index < -0.39 is 0 Å². The monoisotopic (exact) mass is 406 g/mol. The van der Waals surface area contributed by atoms with Gasteiger partial charge in [-0.05, 0) is 48.1 Å². The molecule has 148 valence electrons. The van der Waals surface area contributed by atoms with Crippen LogP contribution < -0.4 is 0 Å². The fourth-order valence-corrected chi connectivity index (χ4v) is 4.57. The number of nitrogens with zero attached hydrogens (tertiary/aromatic N) is 4. The number of carbonyl (C=O) groups is 1. The number of furan rings is 1. The molecule has 1 saturated carbocycles. The minimum absolute atomic E-state index is 0.0285. The van der Waals surface area contributed by atoms with Crippen molar-refractivity contribution in [3.05, 3.63) is 76.6 Å². The highest BCUT2D eigenvalue weighted by molar-refractivity contribution is 7.10. The molecule has 6 nitrogen and oxygen atoms in total. The van der Waals surface area contributed by atoms with Gasteiger partial charge in [-0.25, -0.2) is 5.01 Å². The average Bonchev–Trinajstić information content (AvgIpc) is 3.17. The van der Waals surface area contributed by atoms with Crippen LogP contribution in [0.3, 0.4) is 0 Å². The van der Waals surface area contributed by atoms with Gasteiger partial charge in [0, 0.05) is 36.3 Å². The van der Waals surface area contributed by atoms with Crippen molar-refractivity contribution < 1.29 is 9.21 Å². The number of aromatic nitrogens is 1. The minimum atomic E-state index is -0.0676. The second kappa shape index (κ2) is 7.93. The van der Waals surface area contributed by atoms with E-state index in [0.29, 0.717) is 19.0 Å². The lowest BCUT2D eigenvalue weighted by molar-refractivity contribution is -0.134. The zero-order chi connectivity index (χ0) is 19.6. The number of hydrazone groups is 1. The molecule has 0 saturated heterocycles. The zero-order valence-electron chi connectivity index (χ0n) is 16.0. The molecular formula is C22H22N4O2S. The van der Waals surface area contributed by atoms with E-state index in [-0.39, 0.29) is 11.9 Å². The quantitative estimate of drug-likeness (QED) is 0.593. The fourth-order valence-electron chi connectivity index (χ4n) is 3.76. The van der Waals surface area contributed by atoms with E-state index >= 15 is 0 Å². The van der Waals surface area contributed by atoms with E-state index in [0.717, 1.165) is 41.3 Å². The van der Waals surface area contributed by atoms with Gasteiger partial charge in [-0.3, -0.25) is 14.7 Å². The molecule has 1 aliphatic carbocycles. The summed E-state index contributed by atoms with van der Waals surface area (Å²) in [6, 6.07) is 12.2. The Labute approximate surface area is 173 Å². The maximum atomic E-state index is 13.3. The number of hydrogen-bond acceptors (Lipinski definition) is 6. The molecular weight excluding hydrogens is 384 g/mol. The predicted octanol–water partition coefficient (Wildman–Crippen LogP) is 4.08. The van der Waals surface area contributed by atoms with Gasteiger partial charge in [0.05, 0.1) is 18.8 Å². The molecule has 1 aliphatic heterocycles. The van der Waals surface area contributed by atoms with Crippen LogP contribution in [0.15, 0.2) is 70.0 Å². The van der Waals surface area contributed by atoms with Crippen molar-refractivity contribution in [3.8, 4) is 0 Å². The highest BCUT2D eigenvalue weighted by atomic mass is 32.1. The van der Waals surface area contributed by atoms with E-state index in [1.54, 1.807) is 28.8 Å². The number of carbonyl (C=O) groups excluding carboxylic acids is 1. The highest BCUT2D eigenvalue weighted by Crippen LogP contribution is 2.36. The molecule has 7 heteroatoms. The Morgan fingerprint density at radius 3 is 2.86 bits per heavy atom. The topological polar surface area (TPSA) is 61.9 Å². The maximum absolute atomic E-state index is 13.3. The Kier molecular flexibility index (Phi) is 4.99. The Bertz CT molecular complexity index is 981. The first kappa shape index (κ1) is 18.3. The summed E-state index contributed by atoms with van der Waals surface area (Å²) < 4.78 is 5.54. The third kappa shape index (κ3) is 4.02. The molecule has 3 aromatic heterocycles. The molecule has 0 bridgehead atoms. The molecule has 29 heavy (non-hydrogen) atoms. The Hall–Kier alpha value is -2.77. The first-order chi connectivity index (χ1) is 14.3. The van der Waals surface area contributed by atoms with Gasteiger partial charge in [0.25, 0.3) is 5.91 Å². The van der Waals surface area contributed by atoms with Crippen molar-refractivity contribution in [1.29, 1.82) is 0 Å². The van der Waals surface area contributed by atoms with Crippen LogP contribution in [0.25, 0.3) is 0 Å². The van der Waals surface area contributed by atoms with Crippen LogP contribution in [-0.2, 0) is 11.3 Å². The van der Waals surface area contributed by atoms with Gasteiger partial charge in [-0.15, -0.1) is 11.3 Å². The lowest BCUT2D eigenvalue weighted by atomic mass is 10.1. The molecule has 3 aromatic rings. The second-order valence-corrected chi connectivity index (χ2v) is 8.47. The van der Waals surface area contributed by atoms with E-state index in [2.05, 4.69) is 27.1 Å². The number of pyridine rings is 1. The van der Waals surface area contributed by atoms with Crippen molar-refractivity contribution in [3.63, 3.8) is 0 Å². The molecule has 0 spiro atoms. The van der Waals surface area contributed by atoms with Crippen LogP contribution >= 0.6 is 11.3 Å². The highest BCUT2D eigenvalue weighted by Gasteiger charge is 2.37. The average molecular weight is 407 g/mol. The molecule has 0 N–H and O–H groups in total. The second-order valence-electron chi connectivity index (χ2n) is 7.50. The molecule has 1 atom stereocenters. The summed E-state index contributed by atoms with van der Waals surface area (Å²) in [6.45, 7) is 1.09. The fraction of sp³-hybridized carbons (Fsp3) is 0.318. The molecule has 1 amide bonds. The molecule has 1 unspecified atom stereocenters. The number of rotatable bonds is 7. The summed E-state index contributed by atoms with van der Waals surface area (Å²) in [5, 5.41) is 8.39. The molecule has 0 aromatic carbocycles. The van der Waals surface area contributed by atoms with Gasteiger partial charge in [0.2, 0.25) is 0 Å². The van der Waals surface area contributed by atoms with E-state index in [4.69, 9.17) is 4.42 Å². The van der Waals surface area contributed by atoms with Crippen LogP contribution in [0.4, 0.5) is 0 Å². The normalized spacial score (nSPS) is 19.0. The van der Waals surface area contributed by atoms with Gasteiger partial charge in [0.1, 0.15) is 11.5 Å². The van der Waals surface area contributed by atoms with Gasteiger partial charge >= 0.3 is 0 Å². The van der Waals surface area contributed by atoms with E-state index in [1.807, 2.05) is 35.8 Å². The van der Waals surface area contributed by atoms with Crippen molar-refractivity contribution in [2.24, 2.45) is 5.10 Å². The third-order valence-electron chi connectivity index (χ3n) is 5.35. The van der Waals surface area contributed by atoms with Crippen LogP contribution in [0.5, 0.6) is 0 Å². The number of hydrogen-bond donors (Lipinski definition) is 0. The molecule has 0 radical (unpaired) electrons. The van der Waals surface area contributed by atoms with Crippen LogP contribution in [0, 0.1) is 0 Å². The summed E-state index contributed by atoms with van der Waals surface area (Å²) in [5.41, 5.74) is 1.95. The van der Waals surface area contributed by atoms with Crippen LogP contribution in [0.2, 0.25) is 0 Å². The smallest absolute Gasteiger partial charge is 0.257 e. The van der Waals surface area contributed by atoms with Gasteiger partial charge in [-0.1, -0.05) is 12.1 Å². The van der Waals surface area contributed by atoms with Gasteiger partial charge in [0.15, 0.2) is 0 Å². The number of amides is 1. The van der Waals surface area contributed by atoms with Crippen molar-refractivity contribution >= 4 is 23.0 Å². The Morgan fingerprint density at radius 1 is 1.24 bits per heavy atom. The lowest BCUT2D eigenvalue weighted by Gasteiger charge is -2.26. The SMILES string of the molecule is O=C(CN(Cc1cccnc1)C1CC1)N1N=C(c2ccco2)CC1c1cccs1. The predicted molar refractivity (Wildman–Crippen MR) is 111 cm³/mol.